The number of aromatic nitrogens is 8. The largest absolute Gasteiger partial charge is 0.309 e. The zero-order valence-electron chi connectivity index (χ0n) is 64.0. The molecule has 23 aromatic rings. The summed E-state index contributed by atoms with van der Waals surface area (Å²) in [4.78, 5) is 22.0. The fourth-order valence-electron chi connectivity index (χ4n) is 18.0. The second-order valence-electron chi connectivity index (χ2n) is 30.5. The van der Waals surface area contributed by atoms with Gasteiger partial charge < -0.3 is 9.13 Å². The molecule has 0 saturated carbocycles. The summed E-state index contributed by atoms with van der Waals surface area (Å²) in [6.45, 7) is 0. The SMILES string of the molecule is c1ccc(-c2cccc(-n3c4ccc(-c5ccc6c7ccccc7n(-c7cccc(-c8ccc(-c9ccc(-n%10c%11ccc(-c%12ccc(-c%13ccc%14c(c%13)c%13ccccc%13n%14-c%13ccccc%13)cc%12)cc%11c%11c(-c%12ccccc%12)nc(-c%12ccccc%12)nc%11%10)cc9)cc8)c7)c6c5)cc4c4c(-c5ccccc5)nc(-c5ccccc5)nc43)c2)cc1. The van der Waals surface area contributed by atoms with Crippen LogP contribution in [-0.4, -0.2) is 38.2 Å². The summed E-state index contributed by atoms with van der Waals surface area (Å²) < 4.78 is 9.46. The van der Waals surface area contributed by atoms with E-state index in [0.717, 1.165) is 172 Å². The lowest BCUT2D eigenvalue weighted by molar-refractivity contribution is 1.11. The van der Waals surface area contributed by atoms with Crippen molar-refractivity contribution in [1.82, 2.24) is 38.2 Å². The highest BCUT2D eigenvalue weighted by molar-refractivity contribution is 6.18. The molecule has 0 aliphatic heterocycles. The number of rotatable bonds is 14. The van der Waals surface area contributed by atoms with Crippen molar-refractivity contribution in [1.29, 1.82) is 0 Å². The minimum absolute atomic E-state index is 0.668. The molecule has 0 radical (unpaired) electrons. The van der Waals surface area contributed by atoms with Crippen molar-refractivity contribution in [3.05, 3.63) is 425 Å². The molecule has 118 heavy (non-hydrogen) atoms. The number of hydrogen-bond acceptors (Lipinski definition) is 4. The van der Waals surface area contributed by atoms with Crippen LogP contribution in [-0.2, 0) is 0 Å². The Kier molecular flexibility index (Phi) is 16.1. The smallest absolute Gasteiger partial charge is 0.162 e. The molecule has 0 fully saturated rings. The Morgan fingerprint density at radius 3 is 0.907 bits per heavy atom. The van der Waals surface area contributed by atoms with Crippen LogP contribution < -0.4 is 0 Å². The first-order chi connectivity index (χ1) is 58.5. The van der Waals surface area contributed by atoms with Crippen LogP contribution in [0.3, 0.4) is 0 Å². The molecule has 8 nitrogen and oxygen atoms in total. The maximum Gasteiger partial charge on any atom is 0.162 e. The van der Waals surface area contributed by atoms with Crippen molar-refractivity contribution in [2.45, 2.75) is 0 Å². The molecule has 6 heterocycles. The summed E-state index contributed by atoms with van der Waals surface area (Å²) in [5, 5.41) is 8.99. The molecule has 0 unspecified atom stereocenters. The van der Waals surface area contributed by atoms with Gasteiger partial charge in [-0.05, 0) is 170 Å². The molecule has 0 amide bonds. The number of benzene rings is 17. The Morgan fingerprint density at radius 1 is 0.144 bits per heavy atom. The number of fused-ring (bicyclic) bond motifs is 12. The average Bonchev–Trinajstić information content (AvgIpc) is 1.57. The zero-order valence-corrected chi connectivity index (χ0v) is 64.0. The van der Waals surface area contributed by atoms with E-state index in [1.165, 1.54) is 38.1 Å². The van der Waals surface area contributed by atoms with Crippen molar-refractivity contribution in [3.8, 4) is 135 Å². The Bertz CT molecular complexity index is 7850. The van der Waals surface area contributed by atoms with Gasteiger partial charge in [-0.1, -0.05) is 322 Å². The second kappa shape index (κ2) is 28.0. The van der Waals surface area contributed by atoms with Crippen LogP contribution in [0.15, 0.2) is 425 Å². The van der Waals surface area contributed by atoms with Gasteiger partial charge in [0, 0.05) is 77.3 Å². The minimum Gasteiger partial charge on any atom is -0.309 e. The highest BCUT2D eigenvalue weighted by Gasteiger charge is 2.26. The van der Waals surface area contributed by atoms with Crippen molar-refractivity contribution < 1.29 is 0 Å². The first kappa shape index (κ1) is 67.8. The van der Waals surface area contributed by atoms with E-state index >= 15 is 0 Å². The van der Waals surface area contributed by atoms with E-state index < -0.39 is 0 Å². The maximum atomic E-state index is 5.54. The van der Waals surface area contributed by atoms with Crippen molar-refractivity contribution >= 4 is 87.5 Å². The molecule has 23 rings (SSSR count). The predicted octanol–water partition coefficient (Wildman–Crippen LogP) is 28.3. The van der Waals surface area contributed by atoms with Gasteiger partial charge in [0.15, 0.2) is 11.6 Å². The van der Waals surface area contributed by atoms with E-state index in [0.29, 0.717) is 11.6 Å². The van der Waals surface area contributed by atoms with Crippen molar-refractivity contribution in [2.75, 3.05) is 0 Å². The van der Waals surface area contributed by atoms with E-state index in [9.17, 15) is 0 Å². The molecule has 550 valence electrons. The van der Waals surface area contributed by atoms with Crippen molar-refractivity contribution in [2.24, 2.45) is 0 Å². The first-order valence-corrected chi connectivity index (χ1v) is 40.1. The van der Waals surface area contributed by atoms with Gasteiger partial charge in [-0.2, -0.15) is 0 Å². The highest BCUT2D eigenvalue weighted by Crippen LogP contribution is 2.46. The Labute approximate surface area is 680 Å². The van der Waals surface area contributed by atoms with Gasteiger partial charge in [-0.25, -0.2) is 19.9 Å². The van der Waals surface area contributed by atoms with Crippen LogP contribution in [0.5, 0.6) is 0 Å². The van der Waals surface area contributed by atoms with E-state index in [1.54, 1.807) is 0 Å². The summed E-state index contributed by atoms with van der Waals surface area (Å²) in [5.74, 6) is 1.34. The molecule has 0 atom stereocenters. The third-order valence-electron chi connectivity index (χ3n) is 23.6. The van der Waals surface area contributed by atoms with Gasteiger partial charge >= 0.3 is 0 Å². The molecular formula is C110H70N8. The molecule has 0 spiro atoms. The topological polar surface area (TPSA) is 71.3 Å². The van der Waals surface area contributed by atoms with Crippen LogP contribution in [0, 0.1) is 0 Å². The summed E-state index contributed by atoms with van der Waals surface area (Å²) in [5.41, 5.74) is 32.0. The summed E-state index contributed by atoms with van der Waals surface area (Å²) in [6.07, 6.45) is 0. The number of nitrogens with zero attached hydrogens (tertiary/aromatic N) is 8. The van der Waals surface area contributed by atoms with E-state index in [-0.39, 0.29) is 0 Å². The van der Waals surface area contributed by atoms with Gasteiger partial charge in [-0.15, -0.1) is 0 Å². The summed E-state index contributed by atoms with van der Waals surface area (Å²) >= 11 is 0. The lowest BCUT2D eigenvalue weighted by atomic mass is 9.97. The third-order valence-corrected chi connectivity index (χ3v) is 23.6. The summed E-state index contributed by atoms with van der Waals surface area (Å²) in [6, 6.07) is 153. The fourth-order valence-corrected chi connectivity index (χ4v) is 18.0. The molecule has 0 aliphatic rings. The molecule has 0 bridgehead atoms. The van der Waals surface area contributed by atoms with Crippen LogP contribution >= 0.6 is 0 Å². The van der Waals surface area contributed by atoms with E-state index in [1.807, 2.05) is 12.1 Å². The average molecular weight is 1500 g/mol. The van der Waals surface area contributed by atoms with E-state index in [2.05, 4.69) is 431 Å². The summed E-state index contributed by atoms with van der Waals surface area (Å²) in [7, 11) is 0. The molecule has 8 heteroatoms. The fraction of sp³-hybridized carbons (Fsp3) is 0. The van der Waals surface area contributed by atoms with Crippen LogP contribution in [0.1, 0.15) is 0 Å². The Balaban J connectivity index is 0.588. The first-order valence-electron chi connectivity index (χ1n) is 40.1. The van der Waals surface area contributed by atoms with Gasteiger partial charge in [0.25, 0.3) is 0 Å². The molecule has 0 saturated heterocycles. The number of para-hydroxylation sites is 3. The molecule has 17 aromatic carbocycles. The lowest BCUT2D eigenvalue weighted by Gasteiger charge is -2.12. The lowest BCUT2D eigenvalue weighted by Crippen LogP contribution is -1.99. The van der Waals surface area contributed by atoms with Gasteiger partial charge in [0.05, 0.1) is 55.3 Å². The van der Waals surface area contributed by atoms with Gasteiger partial charge in [-0.3, -0.25) is 9.13 Å². The molecule has 6 aromatic heterocycles. The minimum atomic E-state index is 0.668. The maximum absolute atomic E-state index is 5.54. The zero-order chi connectivity index (χ0) is 77.7. The normalized spacial score (nSPS) is 11.7. The standard InChI is InChI=1S/C110H70N8/c1-7-25-71(26-8-1)81-35-24-40-90(66-81)118-101-64-58-85(69-96(101)104-106(78-29-11-3-12-30-78)112-108(114-110(104)118)80-33-15-5-16-34-80)86-55-61-93-91-41-19-21-43-97(91)116(102(93)70-86)89-39-23-36-82(65-89)74-47-45-72(46-48-74)73-53-59-88(60-54-73)117-100-63-57-84(68-95(100)103-105(77-27-9-2-10-28-77)111-107(113-109(103)117)79-31-13-4-14-32-79)76-51-49-75(50-52-76)83-56-62-99-94(67-83)92-42-20-22-44-98(92)115(99)87-37-17-6-18-38-87/h1-70H. The van der Waals surface area contributed by atoms with Crippen molar-refractivity contribution in [3.63, 3.8) is 0 Å². The quantitative estimate of drug-likeness (QED) is 0.109. The number of hydrogen-bond donors (Lipinski definition) is 0. The molecular weight excluding hydrogens is 1430 g/mol. The Hall–Kier alpha value is -15.9. The van der Waals surface area contributed by atoms with Crippen LogP contribution in [0.2, 0.25) is 0 Å². The van der Waals surface area contributed by atoms with Gasteiger partial charge in [0.1, 0.15) is 11.3 Å². The highest BCUT2D eigenvalue weighted by atomic mass is 15.1. The molecule has 0 N–H and O–H groups in total. The molecule has 0 aliphatic carbocycles. The third kappa shape index (κ3) is 11.5. The van der Waals surface area contributed by atoms with E-state index in [4.69, 9.17) is 19.9 Å². The Morgan fingerprint density at radius 2 is 0.424 bits per heavy atom. The van der Waals surface area contributed by atoms with Crippen LogP contribution in [0.4, 0.5) is 0 Å². The predicted molar refractivity (Wildman–Crippen MR) is 489 cm³/mol. The monoisotopic (exact) mass is 1500 g/mol. The second-order valence-corrected chi connectivity index (χ2v) is 30.5. The van der Waals surface area contributed by atoms with Gasteiger partial charge in [0.2, 0.25) is 0 Å². The van der Waals surface area contributed by atoms with Crippen LogP contribution in [0.25, 0.3) is 222 Å².